The fraction of sp³-hybridized carbons (Fsp3) is 0.182. The van der Waals surface area contributed by atoms with E-state index in [1.54, 1.807) is 23.5 Å². The van der Waals surface area contributed by atoms with E-state index in [0.717, 1.165) is 11.1 Å². The van der Waals surface area contributed by atoms with Crippen LogP contribution >= 0.6 is 0 Å². The summed E-state index contributed by atoms with van der Waals surface area (Å²) in [6, 6.07) is 23.2. The molecule has 1 atom stereocenters. The quantitative estimate of drug-likeness (QED) is 0.550. The van der Waals surface area contributed by atoms with Crippen LogP contribution in [-0.2, 0) is 4.79 Å². The van der Waals surface area contributed by atoms with Gasteiger partial charge in [-0.2, -0.15) is 4.52 Å². The van der Waals surface area contributed by atoms with Gasteiger partial charge in [-0.3, -0.25) is 4.79 Å². The second-order valence-electron chi connectivity index (χ2n) is 6.98. The number of carbonyl (C=O) groups is 1. The van der Waals surface area contributed by atoms with Gasteiger partial charge in [-0.1, -0.05) is 60.7 Å². The molecule has 0 unspecified atom stereocenters. The van der Waals surface area contributed by atoms with Gasteiger partial charge in [-0.05, 0) is 17.7 Å². The van der Waals surface area contributed by atoms with Crippen LogP contribution in [0.15, 0.2) is 72.8 Å². The minimum Gasteiger partial charge on any atom is -0.361 e. The van der Waals surface area contributed by atoms with Crippen molar-refractivity contribution in [2.24, 2.45) is 0 Å². The van der Waals surface area contributed by atoms with Crippen molar-refractivity contribution in [3.63, 3.8) is 0 Å². The zero-order chi connectivity index (χ0) is 20.2. The molecule has 4 aromatic rings. The number of amides is 1. The second-order valence-corrected chi connectivity index (χ2v) is 6.98. The van der Waals surface area contributed by atoms with Gasteiger partial charge >= 0.3 is 0 Å². The average Bonchev–Trinajstić information content (AvgIpc) is 3.17. The number of fused-ring (bicyclic) bond motifs is 1. The van der Waals surface area contributed by atoms with E-state index in [2.05, 4.69) is 20.6 Å². The molecular formula is C22H22N6O. The number of benzene rings is 2. The first kappa shape index (κ1) is 18.6. The van der Waals surface area contributed by atoms with Crippen LogP contribution < -0.4 is 5.32 Å². The first-order chi connectivity index (χ1) is 14.1. The lowest BCUT2D eigenvalue weighted by Crippen LogP contribution is -2.26. The van der Waals surface area contributed by atoms with Gasteiger partial charge in [0, 0.05) is 19.7 Å². The molecule has 4 rings (SSSR count). The van der Waals surface area contributed by atoms with Gasteiger partial charge < -0.3 is 10.2 Å². The van der Waals surface area contributed by atoms with E-state index >= 15 is 0 Å². The van der Waals surface area contributed by atoms with E-state index in [9.17, 15) is 4.79 Å². The summed E-state index contributed by atoms with van der Waals surface area (Å²) >= 11 is 0. The number of hydrogen-bond donors (Lipinski definition) is 1. The van der Waals surface area contributed by atoms with Crippen molar-refractivity contribution in [1.29, 1.82) is 0 Å². The maximum Gasteiger partial charge on any atom is 0.224 e. The lowest BCUT2D eigenvalue weighted by Gasteiger charge is -2.21. The Bertz CT molecular complexity index is 1110. The average molecular weight is 386 g/mol. The van der Waals surface area contributed by atoms with E-state index in [4.69, 9.17) is 0 Å². The smallest absolute Gasteiger partial charge is 0.224 e. The molecular weight excluding hydrogens is 364 g/mol. The molecule has 1 amide bonds. The zero-order valence-electron chi connectivity index (χ0n) is 16.4. The highest BCUT2D eigenvalue weighted by atomic mass is 16.2. The minimum absolute atomic E-state index is 0.0432. The number of aromatic nitrogens is 4. The van der Waals surface area contributed by atoms with E-state index in [1.807, 2.05) is 72.8 Å². The monoisotopic (exact) mass is 386 g/mol. The van der Waals surface area contributed by atoms with Crippen LogP contribution in [0, 0.1) is 0 Å². The highest BCUT2D eigenvalue weighted by molar-refractivity contribution is 5.77. The number of nitrogens with zero attached hydrogens (tertiary/aromatic N) is 5. The van der Waals surface area contributed by atoms with Crippen LogP contribution in [0.2, 0.25) is 0 Å². The molecule has 0 bridgehead atoms. The van der Waals surface area contributed by atoms with Crippen LogP contribution in [0.25, 0.3) is 17.0 Å². The predicted molar refractivity (Wildman–Crippen MR) is 112 cm³/mol. The second kappa shape index (κ2) is 8.10. The number of hydrogen-bond acceptors (Lipinski definition) is 5. The van der Waals surface area contributed by atoms with Crippen molar-refractivity contribution < 1.29 is 4.79 Å². The summed E-state index contributed by atoms with van der Waals surface area (Å²) in [5.74, 6) is 1.36. The van der Waals surface area contributed by atoms with Crippen LogP contribution in [0.5, 0.6) is 0 Å². The Labute approximate surface area is 169 Å². The van der Waals surface area contributed by atoms with Crippen molar-refractivity contribution in [3.8, 4) is 11.4 Å². The molecule has 0 aliphatic carbocycles. The van der Waals surface area contributed by atoms with Gasteiger partial charge in [0.25, 0.3) is 0 Å². The number of anilines is 1. The molecule has 0 saturated heterocycles. The SMILES string of the molecule is CN(C)C(=O)C[C@@H](Nc1ccc2nnc(-c3ccccc3)n2n1)c1ccccc1. The minimum atomic E-state index is -0.201. The van der Waals surface area contributed by atoms with E-state index in [0.29, 0.717) is 23.7 Å². The van der Waals surface area contributed by atoms with Gasteiger partial charge in [-0.15, -0.1) is 15.3 Å². The molecule has 0 aliphatic heterocycles. The summed E-state index contributed by atoms with van der Waals surface area (Å²) in [4.78, 5) is 14.0. The fourth-order valence-corrected chi connectivity index (χ4v) is 3.11. The summed E-state index contributed by atoms with van der Waals surface area (Å²) < 4.78 is 1.72. The Morgan fingerprint density at radius 2 is 1.66 bits per heavy atom. The van der Waals surface area contributed by atoms with Gasteiger partial charge in [0.05, 0.1) is 12.5 Å². The lowest BCUT2D eigenvalue weighted by molar-refractivity contribution is -0.128. The maximum absolute atomic E-state index is 12.4. The predicted octanol–water partition coefficient (Wildman–Crippen LogP) is 3.42. The number of carbonyl (C=O) groups excluding carboxylic acids is 1. The summed E-state index contributed by atoms with van der Waals surface area (Å²) in [7, 11) is 3.52. The molecule has 2 heterocycles. The highest BCUT2D eigenvalue weighted by Gasteiger charge is 2.18. The molecule has 0 fully saturated rings. The van der Waals surface area contributed by atoms with Crippen LogP contribution in [0.3, 0.4) is 0 Å². The normalized spacial score (nSPS) is 11.9. The Hall–Kier alpha value is -3.74. The standard InChI is InChI=1S/C22H22N6O/c1-27(2)21(29)15-18(16-9-5-3-6-10-16)23-19-13-14-20-24-25-22(28(20)26-19)17-11-7-4-8-12-17/h3-14,18H,15H2,1-2H3,(H,23,26)/t18-/m1/s1. The molecule has 29 heavy (non-hydrogen) atoms. The topological polar surface area (TPSA) is 75.4 Å². The lowest BCUT2D eigenvalue weighted by atomic mass is 10.0. The third-order valence-electron chi connectivity index (χ3n) is 4.70. The first-order valence-corrected chi connectivity index (χ1v) is 9.41. The molecule has 2 aromatic heterocycles. The largest absolute Gasteiger partial charge is 0.361 e. The van der Waals surface area contributed by atoms with Crippen molar-refractivity contribution in [3.05, 3.63) is 78.4 Å². The van der Waals surface area contributed by atoms with Gasteiger partial charge in [0.1, 0.15) is 5.82 Å². The fourth-order valence-electron chi connectivity index (χ4n) is 3.11. The summed E-state index contributed by atoms with van der Waals surface area (Å²) in [5, 5.41) is 16.6. The first-order valence-electron chi connectivity index (χ1n) is 9.41. The van der Waals surface area contributed by atoms with E-state index in [1.165, 1.54) is 0 Å². The van der Waals surface area contributed by atoms with E-state index in [-0.39, 0.29) is 11.9 Å². The summed E-state index contributed by atoms with van der Waals surface area (Å²) in [5.41, 5.74) is 2.62. The zero-order valence-corrected chi connectivity index (χ0v) is 16.4. The van der Waals surface area contributed by atoms with Gasteiger partial charge in [0.2, 0.25) is 5.91 Å². The van der Waals surface area contributed by atoms with Crippen molar-refractivity contribution in [2.45, 2.75) is 12.5 Å². The van der Waals surface area contributed by atoms with Gasteiger partial charge in [-0.25, -0.2) is 0 Å². The van der Waals surface area contributed by atoms with E-state index < -0.39 is 0 Å². The molecule has 1 N–H and O–H groups in total. The Morgan fingerprint density at radius 1 is 0.966 bits per heavy atom. The summed E-state index contributed by atoms with van der Waals surface area (Å²) in [6.07, 6.45) is 0.324. The number of rotatable bonds is 6. The molecule has 7 nitrogen and oxygen atoms in total. The van der Waals surface area contributed by atoms with Crippen molar-refractivity contribution >= 4 is 17.4 Å². The van der Waals surface area contributed by atoms with Gasteiger partial charge in [0.15, 0.2) is 11.5 Å². The highest BCUT2D eigenvalue weighted by Crippen LogP contribution is 2.24. The Kier molecular flexibility index (Phi) is 5.20. The Morgan fingerprint density at radius 3 is 2.34 bits per heavy atom. The Balaban J connectivity index is 1.68. The maximum atomic E-state index is 12.4. The van der Waals surface area contributed by atoms with Crippen LogP contribution in [0.4, 0.5) is 5.82 Å². The van der Waals surface area contributed by atoms with Crippen LogP contribution in [-0.4, -0.2) is 44.7 Å². The van der Waals surface area contributed by atoms with Crippen LogP contribution in [0.1, 0.15) is 18.0 Å². The summed E-state index contributed by atoms with van der Waals surface area (Å²) in [6.45, 7) is 0. The third-order valence-corrected chi connectivity index (χ3v) is 4.70. The third kappa shape index (κ3) is 4.08. The molecule has 0 spiro atoms. The molecule has 0 radical (unpaired) electrons. The molecule has 146 valence electrons. The molecule has 2 aromatic carbocycles. The molecule has 0 saturated carbocycles. The number of nitrogens with one attached hydrogen (secondary N) is 1. The molecule has 0 aliphatic rings. The molecule has 7 heteroatoms. The van der Waals surface area contributed by atoms with Crippen molar-refractivity contribution in [2.75, 3.05) is 19.4 Å². The van der Waals surface area contributed by atoms with Crippen molar-refractivity contribution in [1.82, 2.24) is 24.7 Å².